The molecule has 0 bridgehead atoms. The van der Waals surface area contributed by atoms with E-state index < -0.39 is 17.5 Å². The van der Waals surface area contributed by atoms with Crippen molar-refractivity contribution < 1.29 is 18.4 Å². The van der Waals surface area contributed by atoms with Crippen LogP contribution in [0.15, 0.2) is 12.1 Å². The van der Waals surface area contributed by atoms with Gasteiger partial charge in [-0.3, -0.25) is 9.59 Å². The van der Waals surface area contributed by atoms with Crippen LogP contribution in [0.5, 0.6) is 0 Å². The fourth-order valence-corrected chi connectivity index (χ4v) is 4.60. The van der Waals surface area contributed by atoms with Gasteiger partial charge in [0.1, 0.15) is 5.00 Å². The fourth-order valence-electron chi connectivity index (χ4n) is 3.08. The molecule has 2 aromatic rings. The maximum atomic E-state index is 13.5. The van der Waals surface area contributed by atoms with Gasteiger partial charge >= 0.3 is 0 Å². The first-order valence-corrected chi connectivity index (χ1v) is 9.54. The maximum absolute atomic E-state index is 13.5. The Balaban J connectivity index is 1.65. The minimum atomic E-state index is -1.15. The summed E-state index contributed by atoms with van der Waals surface area (Å²) in [7, 11) is 0. The van der Waals surface area contributed by atoms with E-state index in [9.17, 15) is 18.4 Å². The topological polar surface area (TPSA) is 58.2 Å². The van der Waals surface area contributed by atoms with E-state index in [1.165, 1.54) is 11.3 Å². The average Bonchev–Trinajstić information content (AvgIpc) is 3.16. The van der Waals surface area contributed by atoms with Crippen molar-refractivity contribution >= 4 is 39.8 Å². The molecular formula is C18H15ClF2N2O2S. The molecule has 1 saturated carbocycles. The summed E-state index contributed by atoms with van der Waals surface area (Å²) < 4.78 is 26.7. The number of hydrogen-bond acceptors (Lipinski definition) is 3. The molecule has 136 valence electrons. The van der Waals surface area contributed by atoms with Crippen molar-refractivity contribution in [2.45, 2.75) is 38.1 Å². The molecule has 26 heavy (non-hydrogen) atoms. The standard InChI is InChI=1S/C18H15ClF2N2O2S/c19-11-7-13(21)12(20)6-10(11)16(24)23-18-15(17(25)22-8-4-5-8)9-2-1-3-14(9)26-18/h6-8H,1-5H2,(H,22,25)(H,23,24). The monoisotopic (exact) mass is 396 g/mol. The minimum absolute atomic E-state index is 0.173. The Kier molecular flexibility index (Phi) is 4.44. The van der Waals surface area contributed by atoms with Crippen LogP contribution in [0.1, 0.15) is 50.4 Å². The Bertz CT molecular complexity index is 924. The number of nitrogens with one attached hydrogen (secondary N) is 2. The molecule has 0 aliphatic heterocycles. The third kappa shape index (κ3) is 3.21. The Hall–Kier alpha value is -1.99. The molecule has 0 atom stereocenters. The quantitative estimate of drug-likeness (QED) is 0.756. The summed E-state index contributed by atoms with van der Waals surface area (Å²) >= 11 is 7.23. The SMILES string of the molecule is O=C(Nc1sc2c(c1C(=O)NC1CC1)CCC2)c1cc(F)c(F)cc1Cl. The summed E-state index contributed by atoms with van der Waals surface area (Å²) in [4.78, 5) is 26.2. The van der Waals surface area contributed by atoms with Gasteiger partial charge in [0, 0.05) is 10.9 Å². The van der Waals surface area contributed by atoms with E-state index in [1.54, 1.807) is 0 Å². The number of thiophene rings is 1. The molecule has 2 amide bonds. The summed E-state index contributed by atoms with van der Waals surface area (Å²) in [5, 5.41) is 5.86. The molecule has 4 nitrogen and oxygen atoms in total. The van der Waals surface area contributed by atoms with Crippen LogP contribution in [0.4, 0.5) is 13.8 Å². The number of halogens is 3. The van der Waals surface area contributed by atoms with Crippen molar-refractivity contribution in [1.29, 1.82) is 0 Å². The summed E-state index contributed by atoms with van der Waals surface area (Å²) in [5.74, 6) is -3.14. The molecule has 2 aliphatic carbocycles. The lowest BCUT2D eigenvalue weighted by Gasteiger charge is -2.10. The van der Waals surface area contributed by atoms with E-state index in [0.29, 0.717) is 10.6 Å². The summed E-state index contributed by atoms with van der Waals surface area (Å²) in [5.41, 5.74) is 1.29. The largest absolute Gasteiger partial charge is 0.349 e. The van der Waals surface area contributed by atoms with Crippen LogP contribution in [0.25, 0.3) is 0 Å². The lowest BCUT2D eigenvalue weighted by Crippen LogP contribution is -2.27. The number of amides is 2. The molecule has 1 fully saturated rings. The molecule has 1 aromatic carbocycles. The van der Waals surface area contributed by atoms with Crippen LogP contribution in [-0.4, -0.2) is 17.9 Å². The number of fused-ring (bicyclic) bond motifs is 1. The van der Waals surface area contributed by atoms with Crippen molar-refractivity contribution in [3.63, 3.8) is 0 Å². The number of carbonyl (C=O) groups excluding carboxylic acids is 2. The van der Waals surface area contributed by atoms with Crippen LogP contribution in [0, 0.1) is 11.6 Å². The third-order valence-corrected chi connectivity index (χ3v) is 6.06. The molecule has 0 radical (unpaired) electrons. The first-order valence-electron chi connectivity index (χ1n) is 8.35. The molecular weight excluding hydrogens is 382 g/mol. The molecule has 2 aliphatic rings. The first-order chi connectivity index (χ1) is 12.4. The molecule has 8 heteroatoms. The van der Waals surface area contributed by atoms with Crippen LogP contribution in [0.2, 0.25) is 5.02 Å². The van der Waals surface area contributed by atoms with Gasteiger partial charge in [0.15, 0.2) is 11.6 Å². The van der Waals surface area contributed by atoms with Gasteiger partial charge < -0.3 is 10.6 Å². The number of anilines is 1. The van der Waals surface area contributed by atoms with Gasteiger partial charge in [-0.25, -0.2) is 8.78 Å². The van der Waals surface area contributed by atoms with E-state index in [2.05, 4.69) is 10.6 Å². The van der Waals surface area contributed by atoms with Crippen LogP contribution in [0.3, 0.4) is 0 Å². The van der Waals surface area contributed by atoms with E-state index in [0.717, 1.165) is 54.7 Å². The van der Waals surface area contributed by atoms with Crippen molar-refractivity contribution in [3.8, 4) is 0 Å². The van der Waals surface area contributed by atoms with E-state index in [4.69, 9.17) is 11.6 Å². The van der Waals surface area contributed by atoms with E-state index >= 15 is 0 Å². The van der Waals surface area contributed by atoms with Crippen LogP contribution in [-0.2, 0) is 12.8 Å². The molecule has 4 rings (SSSR count). The molecule has 0 unspecified atom stereocenters. The third-order valence-electron chi connectivity index (χ3n) is 4.54. The summed E-state index contributed by atoms with van der Waals surface area (Å²) in [6, 6.07) is 1.72. The van der Waals surface area contributed by atoms with Crippen molar-refractivity contribution in [1.82, 2.24) is 5.32 Å². The summed E-state index contributed by atoms with van der Waals surface area (Å²) in [6.45, 7) is 0. The number of rotatable bonds is 4. The van der Waals surface area contributed by atoms with E-state index in [1.807, 2.05) is 0 Å². The lowest BCUT2D eigenvalue weighted by atomic mass is 10.1. The van der Waals surface area contributed by atoms with Crippen molar-refractivity contribution in [2.75, 3.05) is 5.32 Å². The zero-order chi connectivity index (χ0) is 18.4. The highest BCUT2D eigenvalue weighted by Crippen LogP contribution is 2.40. The molecule has 2 N–H and O–H groups in total. The molecule has 1 heterocycles. The summed E-state index contributed by atoms with van der Waals surface area (Å²) in [6.07, 6.45) is 4.56. The van der Waals surface area contributed by atoms with Gasteiger partial charge in [0.25, 0.3) is 11.8 Å². The van der Waals surface area contributed by atoms with Gasteiger partial charge in [-0.1, -0.05) is 11.6 Å². The van der Waals surface area contributed by atoms with Gasteiger partial charge in [-0.15, -0.1) is 11.3 Å². The second-order valence-electron chi connectivity index (χ2n) is 6.51. The normalized spacial score (nSPS) is 15.7. The first kappa shape index (κ1) is 17.4. The molecule has 0 spiro atoms. The zero-order valence-corrected chi connectivity index (χ0v) is 15.2. The highest BCUT2D eigenvalue weighted by Gasteiger charge is 2.31. The molecule has 1 aromatic heterocycles. The van der Waals surface area contributed by atoms with Gasteiger partial charge in [0.2, 0.25) is 0 Å². The zero-order valence-electron chi connectivity index (χ0n) is 13.6. The Morgan fingerprint density at radius 2 is 1.85 bits per heavy atom. The minimum Gasteiger partial charge on any atom is -0.349 e. The predicted molar refractivity (Wildman–Crippen MR) is 96.2 cm³/mol. The Labute approximate surface area is 157 Å². The average molecular weight is 397 g/mol. The van der Waals surface area contributed by atoms with Gasteiger partial charge in [-0.2, -0.15) is 0 Å². The van der Waals surface area contributed by atoms with Crippen LogP contribution < -0.4 is 10.6 Å². The highest BCUT2D eigenvalue weighted by molar-refractivity contribution is 7.17. The van der Waals surface area contributed by atoms with Gasteiger partial charge in [-0.05, 0) is 49.8 Å². The Morgan fingerprint density at radius 1 is 1.12 bits per heavy atom. The van der Waals surface area contributed by atoms with Gasteiger partial charge in [0.05, 0.1) is 16.1 Å². The number of aryl methyl sites for hydroxylation is 1. The predicted octanol–water partition coefficient (Wildman–Crippen LogP) is 4.31. The lowest BCUT2D eigenvalue weighted by molar-refractivity contribution is 0.0951. The molecule has 0 saturated heterocycles. The number of carbonyl (C=O) groups is 2. The second-order valence-corrected chi connectivity index (χ2v) is 8.02. The van der Waals surface area contributed by atoms with E-state index in [-0.39, 0.29) is 22.5 Å². The maximum Gasteiger partial charge on any atom is 0.257 e. The smallest absolute Gasteiger partial charge is 0.257 e. The number of benzene rings is 1. The highest BCUT2D eigenvalue weighted by atomic mass is 35.5. The Morgan fingerprint density at radius 3 is 2.58 bits per heavy atom. The van der Waals surface area contributed by atoms with Crippen molar-refractivity contribution in [3.05, 3.63) is 50.4 Å². The fraction of sp³-hybridized carbons (Fsp3) is 0.333. The van der Waals surface area contributed by atoms with Crippen molar-refractivity contribution in [2.24, 2.45) is 0 Å². The number of hydrogen-bond donors (Lipinski definition) is 2. The second kappa shape index (κ2) is 6.63. The van der Waals surface area contributed by atoms with Crippen LogP contribution >= 0.6 is 22.9 Å².